The predicted octanol–water partition coefficient (Wildman–Crippen LogP) is 7.40. The number of hydrogen-bond donors (Lipinski definition) is 0. The van der Waals surface area contributed by atoms with Gasteiger partial charge >= 0.3 is 0 Å². The number of nitriles is 1. The molecule has 148 valence electrons. The van der Waals surface area contributed by atoms with Crippen molar-refractivity contribution in [2.24, 2.45) is 5.92 Å². The summed E-state index contributed by atoms with van der Waals surface area (Å²) in [6, 6.07) is 20.7. The second-order valence-corrected chi connectivity index (χ2v) is 8.36. The van der Waals surface area contributed by atoms with Gasteiger partial charge < -0.3 is 0 Å². The third kappa shape index (κ3) is 4.20. The van der Waals surface area contributed by atoms with Crippen molar-refractivity contribution in [2.75, 3.05) is 0 Å². The SMILES string of the molecule is CCCCCC[C@@H]1Cc2ccc3cc(-c4ccc(C#N)cc4)ccc3c2C[C@H]1F. The molecule has 1 aliphatic rings. The van der Waals surface area contributed by atoms with Crippen LogP contribution in [0.1, 0.15) is 55.7 Å². The van der Waals surface area contributed by atoms with Gasteiger partial charge in [-0.3, -0.25) is 0 Å². The molecular formula is C27H28FN. The summed E-state index contributed by atoms with van der Waals surface area (Å²) >= 11 is 0. The maximum Gasteiger partial charge on any atom is 0.107 e. The Morgan fingerprint density at radius 2 is 1.72 bits per heavy atom. The highest BCUT2D eigenvalue weighted by Gasteiger charge is 2.29. The average Bonchev–Trinajstić information content (AvgIpc) is 2.76. The average molecular weight is 386 g/mol. The van der Waals surface area contributed by atoms with Gasteiger partial charge in [-0.25, -0.2) is 4.39 Å². The summed E-state index contributed by atoms with van der Waals surface area (Å²) in [7, 11) is 0. The van der Waals surface area contributed by atoms with Crippen molar-refractivity contribution >= 4 is 10.8 Å². The third-order valence-corrected chi connectivity index (χ3v) is 6.40. The van der Waals surface area contributed by atoms with Gasteiger partial charge in [0.2, 0.25) is 0 Å². The molecule has 3 aromatic rings. The minimum atomic E-state index is -0.729. The van der Waals surface area contributed by atoms with Crippen molar-refractivity contribution in [2.45, 2.75) is 58.0 Å². The van der Waals surface area contributed by atoms with E-state index in [9.17, 15) is 4.39 Å². The summed E-state index contributed by atoms with van der Waals surface area (Å²) in [5.74, 6) is 0.176. The van der Waals surface area contributed by atoms with E-state index < -0.39 is 6.17 Å². The Balaban J connectivity index is 1.58. The van der Waals surface area contributed by atoms with E-state index in [0.29, 0.717) is 12.0 Å². The molecule has 0 aromatic heterocycles. The molecule has 4 rings (SSSR count). The van der Waals surface area contributed by atoms with Crippen molar-refractivity contribution in [3.05, 3.63) is 71.3 Å². The van der Waals surface area contributed by atoms with Gasteiger partial charge in [-0.15, -0.1) is 0 Å². The van der Waals surface area contributed by atoms with Gasteiger partial charge in [0.15, 0.2) is 0 Å². The number of rotatable bonds is 6. The number of nitrogens with zero attached hydrogens (tertiary/aromatic N) is 1. The second kappa shape index (κ2) is 8.78. The predicted molar refractivity (Wildman–Crippen MR) is 119 cm³/mol. The van der Waals surface area contributed by atoms with Gasteiger partial charge in [-0.1, -0.05) is 69.0 Å². The molecular weight excluding hydrogens is 357 g/mol. The zero-order valence-corrected chi connectivity index (χ0v) is 17.1. The number of alkyl halides is 1. The van der Waals surface area contributed by atoms with Crippen LogP contribution in [0.2, 0.25) is 0 Å². The lowest BCUT2D eigenvalue weighted by Crippen LogP contribution is -2.27. The van der Waals surface area contributed by atoms with Crippen LogP contribution in [0.15, 0.2) is 54.6 Å². The molecule has 0 radical (unpaired) electrons. The first-order valence-electron chi connectivity index (χ1n) is 10.9. The van der Waals surface area contributed by atoms with Crippen LogP contribution in [-0.4, -0.2) is 6.17 Å². The fourth-order valence-electron chi connectivity index (χ4n) is 4.68. The fraction of sp³-hybridized carbons (Fsp3) is 0.370. The number of hydrogen-bond acceptors (Lipinski definition) is 1. The molecule has 0 spiro atoms. The lowest BCUT2D eigenvalue weighted by molar-refractivity contribution is 0.199. The first-order chi connectivity index (χ1) is 14.2. The molecule has 29 heavy (non-hydrogen) atoms. The van der Waals surface area contributed by atoms with Gasteiger partial charge in [0, 0.05) is 6.42 Å². The molecule has 2 heteroatoms. The molecule has 0 heterocycles. The monoisotopic (exact) mass is 385 g/mol. The Labute approximate surface area is 173 Å². The molecule has 0 unspecified atom stereocenters. The van der Waals surface area contributed by atoms with E-state index in [0.717, 1.165) is 30.4 Å². The molecule has 0 fully saturated rings. The second-order valence-electron chi connectivity index (χ2n) is 8.36. The molecule has 0 saturated carbocycles. The van der Waals surface area contributed by atoms with Crippen molar-refractivity contribution in [1.29, 1.82) is 5.26 Å². The van der Waals surface area contributed by atoms with Crippen LogP contribution in [0.4, 0.5) is 4.39 Å². The third-order valence-electron chi connectivity index (χ3n) is 6.40. The van der Waals surface area contributed by atoms with Crippen molar-refractivity contribution in [3.8, 4) is 17.2 Å². The van der Waals surface area contributed by atoms with E-state index in [1.54, 1.807) is 0 Å². The van der Waals surface area contributed by atoms with Crippen LogP contribution < -0.4 is 0 Å². The Morgan fingerprint density at radius 3 is 2.48 bits per heavy atom. The van der Waals surface area contributed by atoms with E-state index in [-0.39, 0.29) is 5.92 Å². The van der Waals surface area contributed by atoms with Crippen LogP contribution in [0.5, 0.6) is 0 Å². The van der Waals surface area contributed by atoms with Crippen molar-refractivity contribution in [1.82, 2.24) is 0 Å². The standard InChI is InChI=1S/C27H28FN/c1-2-3-4-5-6-24-16-23-12-11-22-15-21(20-9-7-19(18-29)8-10-20)13-14-25(22)26(23)17-27(24)28/h7-15,24,27H,2-6,16-17H2,1H3/t24-,27-/m1/s1. The van der Waals surface area contributed by atoms with E-state index in [1.165, 1.54) is 41.2 Å². The smallest absolute Gasteiger partial charge is 0.107 e. The molecule has 1 aliphatic carbocycles. The molecule has 0 aliphatic heterocycles. The first kappa shape index (κ1) is 19.6. The Hall–Kier alpha value is -2.66. The van der Waals surface area contributed by atoms with Gasteiger partial charge in [0.25, 0.3) is 0 Å². The summed E-state index contributed by atoms with van der Waals surface area (Å²) in [5.41, 5.74) is 5.42. The quantitative estimate of drug-likeness (QED) is 0.405. The van der Waals surface area contributed by atoms with Crippen LogP contribution in [0.25, 0.3) is 21.9 Å². The lowest BCUT2D eigenvalue weighted by atomic mass is 9.78. The summed E-state index contributed by atoms with van der Waals surface area (Å²) in [6.07, 6.45) is 6.55. The number of benzene rings is 3. The van der Waals surface area contributed by atoms with Crippen molar-refractivity contribution < 1.29 is 4.39 Å². The molecule has 0 saturated heterocycles. The highest BCUT2D eigenvalue weighted by Crippen LogP contribution is 2.36. The van der Waals surface area contributed by atoms with Crippen LogP contribution in [-0.2, 0) is 12.8 Å². The zero-order chi connectivity index (χ0) is 20.2. The number of fused-ring (bicyclic) bond motifs is 3. The highest BCUT2D eigenvalue weighted by molar-refractivity contribution is 5.91. The summed E-state index contributed by atoms with van der Waals surface area (Å²) in [5, 5.41) is 11.3. The molecule has 0 amide bonds. The minimum Gasteiger partial charge on any atom is -0.247 e. The van der Waals surface area contributed by atoms with Crippen molar-refractivity contribution in [3.63, 3.8) is 0 Å². The largest absolute Gasteiger partial charge is 0.247 e. The minimum absolute atomic E-state index is 0.176. The summed E-state index contributed by atoms with van der Waals surface area (Å²) < 4.78 is 15.0. The van der Waals surface area contributed by atoms with Crippen LogP contribution >= 0.6 is 0 Å². The number of halogens is 1. The Kier molecular flexibility index (Phi) is 5.95. The topological polar surface area (TPSA) is 23.8 Å². The first-order valence-corrected chi connectivity index (χ1v) is 10.9. The Morgan fingerprint density at radius 1 is 0.931 bits per heavy atom. The molecule has 2 atom stereocenters. The molecule has 3 aromatic carbocycles. The normalized spacial score (nSPS) is 18.4. The fourth-order valence-corrected chi connectivity index (χ4v) is 4.68. The van der Waals surface area contributed by atoms with E-state index >= 15 is 0 Å². The van der Waals surface area contributed by atoms with E-state index in [2.05, 4.69) is 43.3 Å². The summed E-state index contributed by atoms with van der Waals surface area (Å²) in [4.78, 5) is 0. The van der Waals surface area contributed by atoms with Gasteiger partial charge in [0.05, 0.1) is 11.6 Å². The van der Waals surface area contributed by atoms with Gasteiger partial charge in [0.1, 0.15) is 6.17 Å². The van der Waals surface area contributed by atoms with Gasteiger partial charge in [-0.2, -0.15) is 5.26 Å². The maximum absolute atomic E-state index is 15.0. The number of unbranched alkanes of at least 4 members (excludes halogenated alkanes) is 3. The van der Waals surface area contributed by atoms with E-state index in [1.807, 2.05) is 24.3 Å². The van der Waals surface area contributed by atoms with Gasteiger partial charge in [-0.05, 0) is 70.0 Å². The van der Waals surface area contributed by atoms with Crippen LogP contribution in [0, 0.1) is 17.2 Å². The maximum atomic E-state index is 15.0. The van der Waals surface area contributed by atoms with E-state index in [4.69, 9.17) is 5.26 Å². The van der Waals surface area contributed by atoms with Crippen LogP contribution in [0.3, 0.4) is 0 Å². The molecule has 1 nitrogen and oxygen atoms in total. The lowest BCUT2D eigenvalue weighted by Gasteiger charge is -2.29. The Bertz CT molecular complexity index is 1030. The zero-order valence-electron chi connectivity index (χ0n) is 17.1. The molecule has 0 N–H and O–H groups in total. The molecule has 0 bridgehead atoms. The highest BCUT2D eigenvalue weighted by atomic mass is 19.1. The summed E-state index contributed by atoms with van der Waals surface area (Å²) in [6.45, 7) is 2.21.